The molecule has 2 heterocycles. The van der Waals surface area contributed by atoms with E-state index < -0.39 is 0 Å². The highest BCUT2D eigenvalue weighted by Crippen LogP contribution is 2.22. The molecular formula is C14H19NO5. The third-order valence-corrected chi connectivity index (χ3v) is 3.04. The summed E-state index contributed by atoms with van der Waals surface area (Å²) in [6.07, 6.45) is 1.51. The summed E-state index contributed by atoms with van der Waals surface area (Å²) in [5, 5.41) is 8.66. The zero-order valence-electron chi connectivity index (χ0n) is 11.7. The lowest BCUT2D eigenvalue weighted by atomic mass is 10.3. The number of anilines is 1. The standard InChI is InChI=1S/C14H19NO5/c1-3-15(4-6-18-7-5-16)12-8-11(17)14-13(20-12)10(2)9-19-14/h8-9,16H,3-7H2,1-2H3. The van der Waals surface area contributed by atoms with Crippen molar-refractivity contribution in [3.8, 4) is 0 Å². The first-order chi connectivity index (χ1) is 9.67. The average molecular weight is 281 g/mol. The van der Waals surface area contributed by atoms with Crippen molar-refractivity contribution in [2.45, 2.75) is 13.8 Å². The highest BCUT2D eigenvalue weighted by Gasteiger charge is 2.14. The number of rotatable bonds is 7. The van der Waals surface area contributed by atoms with Crippen molar-refractivity contribution in [2.24, 2.45) is 0 Å². The number of aliphatic hydroxyl groups excluding tert-OH is 1. The Hall–Kier alpha value is -1.79. The van der Waals surface area contributed by atoms with E-state index in [0.717, 1.165) is 5.56 Å². The number of hydrogen-bond acceptors (Lipinski definition) is 6. The molecule has 0 aliphatic rings. The van der Waals surface area contributed by atoms with Gasteiger partial charge in [0, 0.05) is 18.7 Å². The molecule has 0 aliphatic carbocycles. The second kappa shape index (κ2) is 6.58. The summed E-state index contributed by atoms with van der Waals surface area (Å²) < 4.78 is 16.2. The molecular weight excluding hydrogens is 262 g/mol. The summed E-state index contributed by atoms with van der Waals surface area (Å²) in [6, 6.07) is 1.43. The van der Waals surface area contributed by atoms with E-state index in [1.165, 1.54) is 12.3 Å². The van der Waals surface area contributed by atoms with Crippen LogP contribution in [0.25, 0.3) is 11.2 Å². The Balaban J connectivity index is 2.21. The Morgan fingerprint density at radius 1 is 1.35 bits per heavy atom. The Morgan fingerprint density at radius 3 is 2.85 bits per heavy atom. The molecule has 0 amide bonds. The van der Waals surface area contributed by atoms with E-state index in [1.807, 2.05) is 18.7 Å². The molecule has 0 saturated carbocycles. The predicted molar refractivity (Wildman–Crippen MR) is 75.3 cm³/mol. The van der Waals surface area contributed by atoms with Crippen molar-refractivity contribution in [3.63, 3.8) is 0 Å². The van der Waals surface area contributed by atoms with Crippen molar-refractivity contribution >= 4 is 17.1 Å². The maximum atomic E-state index is 12.0. The predicted octanol–water partition coefficient (Wildman–Crippen LogP) is 1.53. The van der Waals surface area contributed by atoms with E-state index in [4.69, 9.17) is 18.7 Å². The van der Waals surface area contributed by atoms with E-state index in [-0.39, 0.29) is 17.6 Å². The van der Waals surface area contributed by atoms with Gasteiger partial charge >= 0.3 is 0 Å². The van der Waals surface area contributed by atoms with Crippen LogP contribution >= 0.6 is 0 Å². The van der Waals surface area contributed by atoms with E-state index in [0.29, 0.717) is 37.8 Å². The third-order valence-electron chi connectivity index (χ3n) is 3.04. The van der Waals surface area contributed by atoms with Crippen LogP contribution in [-0.2, 0) is 4.74 Å². The fourth-order valence-electron chi connectivity index (χ4n) is 1.96. The van der Waals surface area contributed by atoms with Crippen molar-refractivity contribution in [1.29, 1.82) is 0 Å². The van der Waals surface area contributed by atoms with Crippen LogP contribution in [0.15, 0.2) is 26.0 Å². The van der Waals surface area contributed by atoms with Gasteiger partial charge in [-0.1, -0.05) is 0 Å². The minimum Gasteiger partial charge on any atom is -0.456 e. The summed E-state index contributed by atoms with van der Waals surface area (Å²) in [5.74, 6) is 0.502. The fraction of sp³-hybridized carbons (Fsp3) is 0.500. The second-order valence-electron chi connectivity index (χ2n) is 4.44. The molecule has 0 unspecified atom stereocenters. The van der Waals surface area contributed by atoms with Gasteiger partial charge in [0.15, 0.2) is 11.5 Å². The number of likely N-dealkylation sites (N-methyl/N-ethyl adjacent to an activating group) is 1. The molecule has 20 heavy (non-hydrogen) atoms. The monoisotopic (exact) mass is 281 g/mol. The average Bonchev–Trinajstić information content (AvgIpc) is 2.81. The normalized spacial score (nSPS) is 11.2. The van der Waals surface area contributed by atoms with Crippen LogP contribution in [-0.4, -0.2) is 38.0 Å². The largest absolute Gasteiger partial charge is 0.456 e. The molecule has 110 valence electrons. The SMILES string of the molecule is CCN(CCOCCO)c1cc(=O)c2occ(C)c2o1. The molecule has 0 bridgehead atoms. The number of fused-ring (bicyclic) bond motifs is 1. The zero-order valence-corrected chi connectivity index (χ0v) is 11.7. The molecule has 0 spiro atoms. The number of ether oxygens (including phenoxy) is 1. The number of aryl methyl sites for hydroxylation is 1. The van der Waals surface area contributed by atoms with Crippen LogP contribution in [0.5, 0.6) is 0 Å². The van der Waals surface area contributed by atoms with E-state index in [1.54, 1.807) is 0 Å². The highest BCUT2D eigenvalue weighted by molar-refractivity contribution is 5.75. The van der Waals surface area contributed by atoms with Crippen LogP contribution in [0, 0.1) is 6.92 Å². The molecule has 6 heteroatoms. The maximum absolute atomic E-state index is 12.0. The molecule has 6 nitrogen and oxygen atoms in total. The summed E-state index contributed by atoms with van der Waals surface area (Å²) in [4.78, 5) is 13.9. The highest BCUT2D eigenvalue weighted by atomic mass is 16.5. The Kier molecular flexibility index (Phi) is 4.81. The van der Waals surface area contributed by atoms with Crippen molar-refractivity contribution in [1.82, 2.24) is 0 Å². The lowest BCUT2D eigenvalue weighted by Gasteiger charge is -2.20. The minimum absolute atomic E-state index is 0.00137. The van der Waals surface area contributed by atoms with Gasteiger partial charge in [-0.25, -0.2) is 0 Å². The molecule has 0 atom stereocenters. The summed E-state index contributed by atoms with van der Waals surface area (Å²) in [6.45, 7) is 5.84. The molecule has 2 aromatic rings. The first-order valence-corrected chi connectivity index (χ1v) is 6.62. The van der Waals surface area contributed by atoms with Crippen LogP contribution in [0.4, 0.5) is 5.88 Å². The Bertz CT molecular complexity index is 616. The molecule has 0 aromatic carbocycles. The van der Waals surface area contributed by atoms with Gasteiger partial charge in [0.1, 0.15) is 0 Å². The van der Waals surface area contributed by atoms with Gasteiger partial charge in [-0.15, -0.1) is 0 Å². The van der Waals surface area contributed by atoms with Gasteiger partial charge < -0.3 is 23.6 Å². The first-order valence-electron chi connectivity index (χ1n) is 6.62. The van der Waals surface area contributed by atoms with E-state index >= 15 is 0 Å². The molecule has 0 fully saturated rings. The summed E-state index contributed by atoms with van der Waals surface area (Å²) in [7, 11) is 0. The van der Waals surface area contributed by atoms with Crippen molar-refractivity contribution in [3.05, 3.63) is 28.1 Å². The van der Waals surface area contributed by atoms with Gasteiger partial charge in [0.25, 0.3) is 0 Å². The lowest BCUT2D eigenvalue weighted by Crippen LogP contribution is -2.28. The molecule has 0 radical (unpaired) electrons. The number of nitrogens with zero attached hydrogens (tertiary/aromatic N) is 1. The Labute approximate surface area is 116 Å². The lowest BCUT2D eigenvalue weighted by molar-refractivity contribution is 0.0964. The summed E-state index contributed by atoms with van der Waals surface area (Å²) in [5.41, 5.74) is 1.34. The van der Waals surface area contributed by atoms with Gasteiger partial charge in [0.2, 0.25) is 11.0 Å². The topological polar surface area (TPSA) is 76.1 Å². The maximum Gasteiger partial charge on any atom is 0.230 e. The van der Waals surface area contributed by atoms with E-state index in [9.17, 15) is 4.79 Å². The molecule has 0 saturated heterocycles. The quantitative estimate of drug-likeness (QED) is 0.776. The van der Waals surface area contributed by atoms with Gasteiger partial charge in [-0.2, -0.15) is 0 Å². The van der Waals surface area contributed by atoms with Crippen molar-refractivity contribution < 1.29 is 18.7 Å². The van der Waals surface area contributed by atoms with Gasteiger partial charge in [-0.05, 0) is 13.8 Å². The zero-order chi connectivity index (χ0) is 14.5. The Morgan fingerprint density at radius 2 is 2.15 bits per heavy atom. The van der Waals surface area contributed by atoms with Gasteiger partial charge in [-0.3, -0.25) is 4.79 Å². The molecule has 2 rings (SSSR count). The number of furan rings is 1. The van der Waals surface area contributed by atoms with Gasteiger partial charge in [0.05, 0.1) is 32.2 Å². The second-order valence-corrected chi connectivity index (χ2v) is 4.44. The van der Waals surface area contributed by atoms with Crippen LogP contribution in [0.1, 0.15) is 12.5 Å². The number of hydrogen-bond donors (Lipinski definition) is 1. The fourth-order valence-corrected chi connectivity index (χ4v) is 1.96. The molecule has 0 aliphatic heterocycles. The third kappa shape index (κ3) is 3.02. The van der Waals surface area contributed by atoms with Crippen LogP contribution in [0.3, 0.4) is 0 Å². The molecule has 1 N–H and O–H groups in total. The van der Waals surface area contributed by atoms with Crippen molar-refractivity contribution in [2.75, 3.05) is 37.8 Å². The van der Waals surface area contributed by atoms with Crippen LogP contribution < -0.4 is 10.3 Å². The van der Waals surface area contributed by atoms with E-state index in [2.05, 4.69) is 0 Å². The molecule has 2 aromatic heterocycles. The summed E-state index contributed by atoms with van der Waals surface area (Å²) >= 11 is 0. The smallest absolute Gasteiger partial charge is 0.230 e. The minimum atomic E-state index is -0.191. The number of aliphatic hydroxyl groups is 1. The first kappa shape index (κ1) is 14.6. The van der Waals surface area contributed by atoms with Crippen LogP contribution in [0.2, 0.25) is 0 Å².